The number of fused-ring (bicyclic) bond motifs is 2. The van der Waals surface area contributed by atoms with E-state index in [1.54, 1.807) is 23.1 Å². The molecule has 33 heavy (non-hydrogen) atoms. The summed E-state index contributed by atoms with van der Waals surface area (Å²) in [6.07, 6.45) is 0. The van der Waals surface area contributed by atoms with E-state index in [9.17, 15) is 14.7 Å². The number of hydrogen-bond acceptors (Lipinski definition) is 8. The van der Waals surface area contributed by atoms with E-state index in [-0.39, 0.29) is 19.5 Å². The van der Waals surface area contributed by atoms with Crippen molar-refractivity contribution >= 4 is 11.8 Å². The molecule has 10 nitrogen and oxygen atoms in total. The fourth-order valence-electron chi connectivity index (χ4n) is 4.11. The third-order valence-corrected chi connectivity index (χ3v) is 5.95. The molecule has 3 aliphatic heterocycles. The third kappa shape index (κ3) is 4.53. The number of aliphatic hydroxyl groups is 1. The van der Waals surface area contributed by atoms with Crippen LogP contribution in [0.25, 0.3) is 0 Å². The number of ether oxygens (including phenoxy) is 4. The van der Waals surface area contributed by atoms with Gasteiger partial charge in [0.15, 0.2) is 23.0 Å². The van der Waals surface area contributed by atoms with E-state index in [2.05, 4.69) is 10.2 Å². The monoisotopic (exact) mass is 455 g/mol. The highest BCUT2D eigenvalue weighted by molar-refractivity contribution is 5.98. The van der Waals surface area contributed by atoms with Gasteiger partial charge in [-0.1, -0.05) is 6.07 Å². The number of benzene rings is 2. The second-order valence-corrected chi connectivity index (χ2v) is 8.07. The molecule has 3 heterocycles. The quantitative estimate of drug-likeness (QED) is 0.651. The first-order valence-electron chi connectivity index (χ1n) is 10.8. The molecule has 1 atom stereocenters. The highest BCUT2D eigenvalue weighted by Gasteiger charge is 2.29. The van der Waals surface area contributed by atoms with Gasteiger partial charge in [0, 0.05) is 38.3 Å². The summed E-state index contributed by atoms with van der Waals surface area (Å²) in [6.45, 7) is 3.02. The van der Waals surface area contributed by atoms with Gasteiger partial charge >= 0.3 is 0 Å². The summed E-state index contributed by atoms with van der Waals surface area (Å²) in [4.78, 5) is 29.5. The first-order chi connectivity index (χ1) is 16.1. The SMILES string of the molecule is O=C(NC(CO)C(=O)N1CCN(Cc2ccc3c(c2)OCO3)CC1)c1ccc2c(c1)OCO2. The largest absolute Gasteiger partial charge is 0.454 e. The Bertz CT molecular complexity index is 1050. The number of rotatable bonds is 6. The Morgan fingerprint density at radius 1 is 0.879 bits per heavy atom. The molecule has 0 radical (unpaired) electrons. The first-order valence-corrected chi connectivity index (χ1v) is 10.8. The van der Waals surface area contributed by atoms with Crippen molar-refractivity contribution in [2.24, 2.45) is 0 Å². The number of hydrogen-bond donors (Lipinski definition) is 2. The molecule has 1 saturated heterocycles. The number of aliphatic hydroxyl groups excluding tert-OH is 1. The summed E-state index contributed by atoms with van der Waals surface area (Å²) >= 11 is 0. The van der Waals surface area contributed by atoms with Crippen molar-refractivity contribution in [3.8, 4) is 23.0 Å². The number of piperazine rings is 1. The Hall–Kier alpha value is -3.50. The molecule has 2 aromatic carbocycles. The Labute approximate surface area is 190 Å². The van der Waals surface area contributed by atoms with E-state index < -0.39 is 18.6 Å². The molecule has 0 aliphatic carbocycles. The second kappa shape index (κ2) is 9.16. The van der Waals surface area contributed by atoms with Crippen molar-refractivity contribution in [2.45, 2.75) is 12.6 Å². The molecular weight excluding hydrogens is 430 g/mol. The fourth-order valence-corrected chi connectivity index (χ4v) is 4.11. The zero-order valence-electron chi connectivity index (χ0n) is 18.0. The third-order valence-electron chi connectivity index (χ3n) is 5.95. The lowest BCUT2D eigenvalue weighted by atomic mass is 10.1. The fraction of sp³-hybridized carbons (Fsp3) is 0.391. The van der Waals surface area contributed by atoms with Crippen LogP contribution in [0.15, 0.2) is 36.4 Å². The topological polar surface area (TPSA) is 110 Å². The zero-order valence-corrected chi connectivity index (χ0v) is 18.0. The van der Waals surface area contributed by atoms with Crippen LogP contribution in [0.2, 0.25) is 0 Å². The van der Waals surface area contributed by atoms with Crippen LogP contribution in [0.3, 0.4) is 0 Å². The van der Waals surface area contributed by atoms with Gasteiger partial charge in [-0.05, 0) is 35.9 Å². The molecule has 1 fully saturated rings. The molecule has 3 aliphatic rings. The van der Waals surface area contributed by atoms with Crippen LogP contribution in [0.4, 0.5) is 0 Å². The van der Waals surface area contributed by atoms with E-state index in [1.165, 1.54) is 0 Å². The van der Waals surface area contributed by atoms with Gasteiger partial charge in [0.1, 0.15) is 6.04 Å². The molecule has 5 rings (SSSR count). The van der Waals surface area contributed by atoms with E-state index in [0.29, 0.717) is 43.2 Å². The van der Waals surface area contributed by atoms with Crippen LogP contribution in [-0.2, 0) is 11.3 Å². The summed E-state index contributed by atoms with van der Waals surface area (Å²) in [5.74, 6) is 1.81. The van der Waals surface area contributed by atoms with Gasteiger partial charge in [0.25, 0.3) is 5.91 Å². The van der Waals surface area contributed by atoms with Crippen LogP contribution < -0.4 is 24.3 Å². The molecular formula is C23H25N3O7. The van der Waals surface area contributed by atoms with Crippen molar-refractivity contribution in [2.75, 3.05) is 46.4 Å². The summed E-state index contributed by atoms with van der Waals surface area (Å²) in [6, 6.07) is 9.69. The van der Waals surface area contributed by atoms with Gasteiger partial charge in [-0.3, -0.25) is 14.5 Å². The Balaban J connectivity index is 1.14. The van der Waals surface area contributed by atoms with Crippen LogP contribution in [0, 0.1) is 0 Å². The average molecular weight is 455 g/mol. The number of amides is 2. The van der Waals surface area contributed by atoms with Crippen molar-refractivity contribution in [3.63, 3.8) is 0 Å². The van der Waals surface area contributed by atoms with Crippen LogP contribution in [0.5, 0.6) is 23.0 Å². The summed E-state index contributed by atoms with van der Waals surface area (Å²) < 4.78 is 21.3. The molecule has 2 N–H and O–H groups in total. The number of nitrogens with one attached hydrogen (secondary N) is 1. The lowest BCUT2D eigenvalue weighted by Gasteiger charge is -2.36. The number of carbonyl (C=O) groups is 2. The van der Waals surface area contributed by atoms with Crippen molar-refractivity contribution < 1.29 is 33.6 Å². The Kier molecular flexibility index (Phi) is 5.93. The second-order valence-electron chi connectivity index (χ2n) is 8.07. The molecule has 174 valence electrons. The number of carbonyl (C=O) groups excluding carboxylic acids is 2. The van der Waals surface area contributed by atoms with Gasteiger partial charge in [-0.2, -0.15) is 0 Å². The van der Waals surface area contributed by atoms with Crippen molar-refractivity contribution in [1.82, 2.24) is 15.1 Å². The molecule has 0 bridgehead atoms. The van der Waals surface area contributed by atoms with Crippen LogP contribution >= 0.6 is 0 Å². The van der Waals surface area contributed by atoms with E-state index in [1.807, 2.05) is 18.2 Å². The lowest BCUT2D eigenvalue weighted by Crippen LogP contribution is -2.55. The maximum Gasteiger partial charge on any atom is 0.252 e. The van der Waals surface area contributed by atoms with E-state index >= 15 is 0 Å². The lowest BCUT2D eigenvalue weighted by molar-refractivity contribution is -0.136. The summed E-state index contributed by atoms with van der Waals surface area (Å²) in [5.41, 5.74) is 1.45. The maximum absolute atomic E-state index is 12.9. The van der Waals surface area contributed by atoms with Gasteiger partial charge in [0.05, 0.1) is 6.61 Å². The minimum absolute atomic E-state index is 0.110. The molecule has 1 unspecified atom stereocenters. The normalized spacial score (nSPS) is 17.7. The van der Waals surface area contributed by atoms with E-state index in [4.69, 9.17) is 18.9 Å². The van der Waals surface area contributed by atoms with Gasteiger partial charge in [-0.15, -0.1) is 0 Å². The summed E-state index contributed by atoms with van der Waals surface area (Å²) in [7, 11) is 0. The van der Waals surface area contributed by atoms with Gasteiger partial charge in [-0.25, -0.2) is 0 Å². The maximum atomic E-state index is 12.9. The van der Waals surface area contributed by atoms with Crippen molar-refractivity contribution in [1.29, 1.82) is 0 Å². The van der Waals surface area contributed by atoms with Crippen LogP contribution in [0.1, 0.15) is 15.9 Å². The first kappa shape index (κ1) is 21.4. The molecule has 0 spiro atoms. The van der Waals surface area contributed by atoms with E-state index in [0.717, 1.165) is 23.6 Å². The predicted molar refractivity (Wildman–Crippen MR) is 115 cm³/mol. The highest BCUT2D eigenvalue weighted by Crippen LogP contribution is 2.33. The zero-order chi connectivity index (χ0) is 22.8. The number of nitrogens with zero attached hydrogens (tertiary/aromatic N) is 2. The Morgan fingerprint density at radius 2 is 1.52 bits per heavy atom. The minimum atomic E-state index is -1.01. The smallest absolute Gasteiger partial charge is 0.252 e. The van der Waals surface area contributed by atoms with Gasteiger partial charge < -0.3 is 34.3 Å². The summed E-state index contributed by atoms with van der Waals surface area (Å²) in [5, 5.41) is 12.4. The predicted octanol–water partition coefficient (Wildman–Crippen LogP) is 0.579. The highest BCUT2D eigenvalue weighted by atomic mass is 16.7. The molecule has 2 aromatic rings. The molecule has 2 amide bonds. The molecule has 0 aromatic heterocycles. The average Bonchev–Trinajstić information content (AvgIpc) is 3.51. The van der Waals surface area contributed by atoms with Crippen molar-refractivity contribution in [3.05, 3.63) is 47.5 Å². The Morgan fingerprint density at radius 3 is 2.21 bits per heavy atom. The van der Waals surface area contributed by atoms with Crippen LogP contribution in [-0.4, -0.2) is 79.1 Å². The standard InChI is InChI=1S/C23H25N3O7/c27-12-17(24-22(28)16-2-4-19-21(10-16)33-14-31-19)23(29)26-7-5-25(6-8-26)11-15-1-3-18-20(9-15)32-13-30-18/h1-4,9-10,17,27H,5-8,11-14H2,(H,24,28). The van der Waals surface area contributed by atoms with Gasteiger partial charge in [0.2, 0.25) is 19.5 Å². The molecule has 10 heteroatoms. The minimum Gasteiger partial charge on any atom is -0.454 e. The molecule has 0 saturated carbocycles.